The van der Waals surface area contributed by atoms with Crippen LogP contribution >= 0.6 is 11.6 Å². The molecule has 0 aromatic heterocycles. The highest BCUT2D eigenvalue weighted by molar-refractivity contribution is 6.19. The molecule has 0 aliphatic carbocycles. The third-order valence-corrected chi connectivity index (χ3v) is 0.816. The van der Waals surface area contributed by atoms with E-state index in [1.54, 1.807) is 6.92 Å². The standard InChI is InChI=1S/C4H8ClNO/c1-4(6-7)2-3-5/h7H,2-3H2,1H3/b6-4+. The second-order valence-corrected chi connectivity index (χ2v) is 1.65. The van der Waals surface area contributed by atoms with Crippen LogP contribution in [0, 0.1) is 0 Å². The average Bonchev–Trinajstić information content (AvgIpc) is 1.68. The summed E-state index contributed by atoms with van der Waals surface area (Å²) in [5.41, 5.74) is 0.676. The first kappa shape index (κ1) is 6.76. The Morgan fingerprint density at radius 2 is 2.43 bits per heavy atom. The first-order valence-corrected chi connectivity index (χ1v) is 2.58. The predicted molar refractivity (Wildman–Crippen MR) is 30.2 cm³/mol. The molecule has 0 fully saturated rings. The Balaban J connectivity index is 3.17. The Labute approximate surface area is 47.8 Å². The molecule has 0 unspecified atom stereocenters. The van der Waals surface area contributed by atoms with E-state index in [0.717, 1.165) is 0 Å². The predicted octanol–water partition coefficient (Wildman–Crippen LogP) is 1.47. The zero-order valence-corrected chi connectivity index (χ0v) is 4.94. The van der Waals surface area contributed by atoms with Crippen LogP contribution in [-0.4, -0.2) is 16.8 Å². The number of hydrogen-bond donors (Lipinski definition) is 1. The second kappa shape index (κ2) is 3.93. The van der Waals surface area contributed by atoms with E-state index in [4.69, 9.17) is 16.8 Å². The van der Waals surface area contributed by atoms with Gasteiger partial charge >= 0.3 is 0 Å². The van der Waals surface area contributed by atoms with E-state index < -0.39 is 0 Å². The van der Waals surface area contributed by atoms with Crippen molar-refractivity contribution >= 4 is 17.3 Å². The topological polar surface area (TPSA) is 32.6 Å². The van der Waals surface area contributed by atoms with Gasteiger partial charge < -0.3 is 5.21 Å². The summed E-state index contributed by atoms with van der Waals surface area (Å²) in [5, 5.41) is 10.9. The highest BCUT2D eigenvalue weighted by atomic mass is 35.5. The SMILES string of the molecule is C/C(CCCl)=N\O. The maximum atomic E-state index is 8.00. The van der Waals surface area contributed by atoms with Crippen molar-refractivity contribution in [2.75, 3.05) is 5.88 Å². The Bertz CT molecular complexity index is 72.1. The summed E-state index contributed by atoms with van der Waals surface area (Å²) >= 11 is 5.28. The van der Waals surface area contributed by atoms with Crippen molar-refractivity contribution in [3.05, 3.63) is 0 Å². The molecule has 0 aliphatic rings. The molecule has 42 valence electrons. The molecule has 0 saturated heterocycles. The summed E-state index contributed by atoms with van der Waals surface area (Å²) in [6, 6.07) is 0. The zero-order chi connectivity index (χ0) is 5.70. The van der Waals surface area contributed by atoms with Crippen LogP contribution in [0.15, 0.2) is 5.16 Å². The molecular weight excluding hydrogens is 114 g/mol. The highest BCUT2D eigenvalue weighted by Crippen LogP contribution is 1.86. The molecule has 0 atom stereocenters. The molecule has 0 saturated carbocycles. The molecule has 7 heavy (non-hydrogen) atoms. The van der Waals surface area contributed by atoms with Gasteiger partial charge in [-0.2, -0.15) is 0 Å². The fourth-order valence-electron chi connectivity index (χ4n) is 0.187. The summed E-state index contributed by atoms with van der Waals surface area (Å²) in [7, 11) is 0. The smallest absolute Gasteiger partial charge is 0.0551 e. The maximum absolute atomic E-state index is 8.00. The molecule has 0 bridgehead atoms. The monoisotopic (exact) mass is 121 g/mol. The summed E-state index contributed by atoms with van der Waals surface area (Å²) in [4.78, 5) is 0. The molecule has 3 heteroatoms. The van der Waals surface area contributed by atoms with Gasteiger partial charge in [-0.25, -0.2) is 0 Å². The van der Waals surface area contributed by atoms with Gasteiger partial charge in [-0.1, -0.05) is 5.16 Å². The molecule has 0 amide bonds. The average molecular weight is 122 g/mol. The van der Waals surface area contributed by atoms with E-state index in [1.165, 1.54) is 0 Å². The van der Waals surface area contributed by atoms with Gasteiger partial charge in [0.05, 0.1) is 5.71 Å². The Morgan fingerprint density at radius 3 is 2.57 bits per heavy atom. The largest absolute Gasteiger partial charge is 0.411 e. The van der Waals surface area contributed by atoms with Crippen LogP contribution in [-0.2, 0) is 0 Å². The molecule has 0 spiro atoms. The number of halogens is 1. The van der Waals surface area contributed by atoms with Crippen LogP contribution in [0.25, 0.3) is 0 Å². The molecule has 0 aromatic carbocycles. The number of nitrogens with zero attached hydrogens (tertiary/aromatic N) is 1. The normalized spacial score (nSPS) is 12.0. The van der Waals surface area contributed by atoms with Gasteiger partial charge in [0.25, 0.3) is 0 Å². The van der Waals surface area contributed by atoms with Gasteiger partial charge in [0.2, 0.25) is 0 Å². The van der Waals surface area contributed by atoms with Crippen molar-refractivity contribution < 1.29 is 5.21 Å². The van der Waals surface area contributed by atoms with Gasteiger partial charge in [-0.05, 0) is 6.92 Å². The molecule has 0 rings (SSSR count). The van der Waals surface area contributed by atoms with Gasteiger partial charge in [-0.15, -0.1) is 11.6 Å². The Hall–Kier alpha value is -0.240. The van der Waals surface area contributed by atoms with Crippen molar-refractivity contribution in [1.82, 2.24) is 0 Å². The van der Waals surface area contributed by atoms with Crippen molar-refractivity contribution in [1.29, 1.82) is 0 Å². The summed E-state index contributed by atoms with van der Waals surface area (Å²) in [5.74, 6) is 0.524. The van der Waals surface area contributed by atoms with Crippen LogP contribution in [0.1, 0.15) is 13.3 Å². The van der Waals surface area contributed by atoms with Gasteiger partial charge in [0, 0.05) is 12.3 Å². The van der Waals surface area contributed by atoms with Crippen molar-refractivity contribution in [2.24, 2.45) is 5.16 Å². The fourth-order valence-corrected chi connectivity index (χ4v) is 0.460. The first-order chi connectivity index (χ1) is 3.31. The lowest BCUT2D eigenvalue weighted by molar-refractivity contribution is 0.317. The Kier molecular flexibility index (Phi) is 3.80. The van der Waals surface area contributed by atoms with E-state index in [1.807, 2.05) is 0 Å². The minimum Gasteiger partial charge on any atom is -0.411 e. The lowest BCUT2D eigenvalue weighted by Gasteiger charge is -1.86. The minimum atomic E-state index is 0.524. The van der Waals surface area contributed by atoms with Crippen molar-refractivity contribution in [3.63, 3.8) is 0 Å². The molecule has 0 aliphatic heterocycles. The third-order valence-electron chi connectivity index (χ3n) is 0.627. The van der Waals surface area contributed by atoms with Gasteiger partial charge in [-0.3, -0.25) is 0 Å². The molecule has 0 radical (unpaired) electrons. The van der Waals surface area contributed by atoms with Gasteiger partial charge in [0.1, 0.15) is 0 Å². The molecule has 2 nitrogen and oxygen atoms in total. The number of hydrogen-bond acceptors (Lipinski definition) is 2. The Morgan fingerprint density at radius 1 is 1.86 bits per heavy atom. The van der Waals surface area contributed by atoms with Crippen LogP contribution in [0.2, 0.25) is 0 Å². The molecule has 0 heterocycles. The van der Waals surface area contributed by atoms with Crippen LogP contribution < -0.4 is 0 Å². The zero-order valence-electron chi connectivity index (χ0n) is 4.19. The van der Waals surface area contributed by atoms with Crippen LogP contribution in [0.3, 0.4) is 0 Å². The fraction of sp³-hybridized carbons (Fsp3) is 0.750. The number of oxime groups is 1. The maximum Gasteiger partial charge on any atom is 0.0551 e. The van der Waals surface area contributed by atoms with E-state index in [-0.39, 0.29) is 0 Å². The summed E-state index contributed by atoms with van der Waals surface area (Å²) in [6.07, 6.45) is 0.665. The molecule has 0 aromatic rings. The highest BCUT2D eigenvalue weighted by Gasteiger charge is 1.85. The first-order valence-electron chi connectivity index (χ1n) is 2.04. The lowest BCUT2D eigenvalue weighted by Crippen LogP contribution is -1.90. The van der Waals surface area contributed by atoms with Crippen LogP contribution in [0.5, 0.6) is 0 Å². The van der Waals surface area contributed by atoms with Crippen LogP contribution in [0.4, 0.5) is 0 Å². The summed E-state index contributed by atoms with van der Waals surface area (Å²) in [6.45, 7) is 1.72. The number of alkyl halides is 1. The van der Waals surface area contributed by atoms with Crippen molar-refractivity contribution in [3.8, 4) is 0 Å². The lowest BCUT2D eigenvalue weighted by atomic mass is 10.3. The summed E-state index contributed by atoms with van der Waals surface area (Å²) < 4.78 is 0. The number of rotatable bonds is 2. The van der Waals surface area contributed by atoms with E-state index in [2.05, 4.69) is 5.16 Å². The van der Waals surface area contributed by atoms with E-state index >= 15 is 0 Å². The molecule has 1 N–H and O–H groups in total. The quantitative estimate of drug-likeness (QED) is 0.255. The van der Waals surface area contributed by atoms with E-state index in [0.29, 0.717) is 18.0 Å². The second-order valence-electron chi connectivity index (χ2n) is 1.27. The third kappa shape index (κ3) is 3.59. The van der Waals surface area contributed by atoms with Gasteiger partial charge in [0.15, 0.2) is 0 Å². The van der Waals surface area contributed by atoms with Crippen molar-refractivity contribution in [2.45, 2.75) is 13.3 Å². The molecular formula is C4H8ClNO. The van der Waals surface area contributed by atoms with E-state index in [9.17, 15) is 0 Å². The minimum absolute atomic E-state index is 0.524.